The molecule has 4 rings (SSSR count). The SMILES string of the molecule is O=C1/C(=C/c2ccc3c(c2)OCO3)NC(=S)N1CN1CCCCC1. The molecule has 126 valence electrons. The number of amides is 1. The van der Waals surface area contributed by atoms with E-state index in [1.54, 1.807) is 11.0 Å². The Morgan fingerprint density at radius 1 is 1.17 bits per heavy atom. The lowest BCUT2D eigenvalue weighted by Crippen LogP contribution is -2.43. The molecule has 1 amide bonds. The number of nitrogens with one attached hydrogen (secondary N) is 1. The minimum Gasteiger partial charge on any atom is -0.454 e. The summed E-state index contributed by atoms with van der Waals surface area (Å²) in [6, 6.07) is 5.60. The Labute approximate surface area is 146 Å². The van der Waals surface area contributed by atoms with Gasteiger partial charge in [0.1, 0.15) is 5.70 Å². The van der Waals surface area contributed by atoms with Crippen molar-refractivity contribution in [2.24, 2.45) is 0 Å². The maximum atomic E-state index is 12.7. The van der Waals surface area contributed by atoms with Crippen LogP contribution in [0.1, 0.15) is 24.8 Å². The average Bonchev–Trinajstić information content (AvgIpc) is 3.16. The molecule has 0 aromatic heterocycles. The summed E-state index contributed by atoms with van der Waals surface area (Å²) in [5.41, 5.74) is 1.37. The van der Waals surface area contributed by atoms with Gasteiger partial charge < -0.3 is 14.8 Å². The van der Waals surface area contributed by atoms with Gasteiger partial charge in [0.25, 0.3) is 5.91 Å². The van der Waals surface area contributed by atoms with Crippen LogP contribution in [0.5, 0.6) is 11.5 Å². The number of nitrogens with zero attached hydrogens (tertiary/aromatic N) is 2. The van der Waals surface area contributed by atoms with Crippen LogP contribution in [-0.4, -0.2) is 47.4 Å². The molecule has 0 unspecified atom stereocenters. The summed E-state index contributed by atoms with van der Waals surface area (Å²) in [5.74, 6) is 1.34. The van der Waals surface area contributed by atoms with Gasteiger partial charge >= 0.3 is 0 Å². The predicted octanol–water partition coefficient (Wildman–Crippen LogP) is 1.92. The van der Waals surface area contributed by atoms with Crippen LogP contribution in [-0.2, 0) is 4.79 Å². The number of piperidine rings is 1. The molecule has 24 heavy (non-hydrogen) atoms. The van der Waals surface area contributed by atoms with Crippen LogP contribution in [0.4, 0.5) is 0 Å². The fraction of sp³-hybridized carbons (Fsp3) is 0.412. The van der Waals surface area contributed by atoms with Gasteiger partial charge in [-0.3, -0.25) is 14.6 Å². The second-order valence-corrected chi connectivity index (χ2v) is 6.54. The number of hydrogen-bond acceptors (Lipinski definition) is 5. The Hall–Kier alpha value is -2.12. The van der Waals surface area contributed by atoms with E-state index in [-0.39, 0.29) is 12.7 Å². The molecule has 2 fully saturated rings. The Morgan fingerprint density at radius 2 is 1.96 bits per heavy atom. The first kappa shape index (κ1) is 15.4. The van der Waals surface area contributed by atoms with Gasteiger partial charge in [-0.05, 0) is 61.9 Å². The van der Waals surface area contributed by atoms with Crippen molar-refractivity contribution in [3.05, 3.63) is 29.5 Å². The molecule has 0 atom stereocenters. The highest BCUT2D eigenvalue weighted by molar-refractivity contribution is 7.80. The Balaban J connectivity index is 1.50. The molecule has 3 aliphatic heterocycles. The molecule has 0 radical (unpaired) electrons. The van der Waals surface area contributed by atoms with E-state index in [0.29, 0.717) is 23.2 Å². The van der Waals surface area contributed by atoms with Crippen LogP contribution in [0.25, 0.3) is 6.08 Å². The van der Waals surface area contributed by atoms with Gasteiger partial charge in [0.05, 0.1) is 6.67 Å². The van der Waals surface area contributed by atoms with Crippen LogP contribution < -0.4 is 14.8 Å². The highest BCUT2D eigenvalue weighted by atomic mass is 32.1. The van der Waals surface area contributed by atoms with Gasteiger partial charge in [0.15, 0.2) is 16.6 Å². The highest BCUT2D eigenvalue weighted by Crippen LogP contribution is 2.33. The summed E-state index contributed by atoms with van der Waals surface area (Å²) in [6.45, 7) is 2.84. The van der Waals surface area contributed by atoms with Crippen LogP contribution in [0.3, 0.4) is 0 Å². The second-order valence-electron chi connectivity index (χ2n) is 6.15. The fourth-order valence-electron chi connectivity index (χ4n) is 3.17. The Kier molecular flexibility index (Phi) is 4.12. The van der Waals surface area contributed by atoms with Crippen LogP contribution in [0.15, 0.2) is 23.9 Å². The molecule has 6 nitrogen and oxygen atoms in total. The number of thiocarbonyl (C=S) groups is 1. The average molecular weight is 345 g/mol. The third-order valence-electron chi connectivity index (χ3n) is 4.46. The summed E-state index contributed by atoms with van der Waals surface area (Å²) in [5, 5.41) is 3.50. The van der Waals surface area contributed by atoms with Crippen molar-refractivity contribution in [2.45, 2.75) is 19.3 Å². The van der Waals surface area contributed by atoms with E-state index in [4.69, 9.17) is 21.7 Å². The van der Waals surface area contributed by atoms with Crippen molar-refractivity contribution < 1.29 is 14.3 Å². The molecule has 1 aromatic rings. The first-order valence-electron chi connectivity index (χ1n) is 8.17. The van der Waals surface area contributed by atoms with E-state index in [2.05, 4.69) is 10.2 Å². The van der Waals surface area contributed by atoms with E-state index in [1.807, 2.05) is 18.2 Å². The van der Waals surface area contributed by atoms with Gasteiger partial charge in [0, 0.05) is 0 Å². The largest absolute Gasteiger partial charge is 0.454 e. The van der Waals surface area contributed by atoms with Crippen molar-refractivity contribution in [3.63, 3.8) is 0 Å². The lowest BCUT2D eigenvalue weighted by Gasteiger charge is -2.29. The second kappa shape index (κ2) is 6.41. The van der Waals surface area contributed by atoms with Crippen LogP contribution in [0, 0.1) is 0 Å². The summed E-state index contributed by atoms with van der Waals surface area (Å²) < 4.78 is 10.7. The third kappa shape index (κ3) is 2.97. The molecular weight excluding hydrogens is 326 g/mol. The minimum absolute atomic E-state index is 0.0803. The Bertz CT molecular complexity index is 713. The van der Waals surface area contributed by atoms with Crippen LogP contribution in [0.2, 0.25) is 0 Å². The molecular formula is C17H19N3O3S. The van der Waals surface area contributed by atoms with Gasteiger partial charge in [-0.25, -0.2) is 0 Å². The first-order valence-corrected chi connectivity index (χ1v) is 8.58. The number of ether oxygens (including phenoxy) is 2. The molecule has 1 aromatic carbocycles. The first-order chi connectivity index (χ1) is 11.7. The number of hydrogen-bond donors (Lipinski definition) is 1. The van der Waals surface area contributed by atoms with Crippen LogP contribution >= 0.6 is 12.2 Å². The molecule has 2 saturated heterocycles. The van der Waals surface area contributed by atoms with E-state index in [1.165, 1.54) is 19.3 Å². The summed E-state index contributed by atoms with van der Waals surface area (Å²) in [4.78, 5) is 16.6. The highest BCUT2D eigenvalue weighted by Gasteiger charge is 2.32. The monoisotopic (exact) mass is 345 g/mol. The van der Waals surface area contributed by atoms with E-state index >= 15 is 0 Å². The predicted molar refractivity (Wildman–Crippen MR) is 93.4 cm³/mol. The van der Waals surface area contributed by atoms with E-state index in [9.17, 15) is 4.79 Å². The molecule has 3 aliphatic rings. The summed E-state index contributed by atoms with van der Waals surface area (Å²) in [6.07, 6.45) is 5.43. The smallest absolute Gasteiger partial charge is 0.277 e. The van der Waals surface area contributed by atoms with Crippen molar-refractivity contribution in [1.29, 1.82) is 0 Å². The Morgan fingerprint density at radius 3 is 2.79 bits per heavy atom. The van der Waals surface area contributed by atoms with Crippen molar-refractivity contribution in [1.82, 2.24) is 15.1 Å². The lowest BCUT2D eigenvalue weighted by molar-refractivity contribution is -0.123. The van der Waals surface area contributed by atoms with E-state index in [0.717, 1.165) is 24.4 Å². The quantitative estimate of drug-likeness (QED) is 0.667. The number of carbonyl (C=O) groups is 1. The molecule has 7 heteroatoms. The summed E-state index contributed by atoms with van der Waals surface area (Å²) in [7, 11) is 0. The summed E-state index contributed by atoms with van der Waals surface area (Å²) >= 11 is 5.34. The normalized spacial score (nSPS) is 22.3. The molecule has 1 N–H and O–H groups in total. The number of rotatable bonds is 3. The standard InChI is InChI=1S/C17H19N3O3S/c21-16-13(8-12-4-5-14-15(9-12)23-11-22-14)18-17(24)20(16)10-19-6-2-1-3-7-19/h4-5,8-9H,1-3,6-7,10-11H2,(H,18,24)/b13-8-. The molecule has 0 bridgehead atoms. The topological polar surface area (TPSA) is 54.0 Å². The van der Waals surface area contributed by atoms with Crippen molar-refractivity contribution in [3.8, 4) is 11.5 Å². The molecule has 3 heterocycles. The fourth-order valence-corrected chi connectivity index (χ4v) is 3.42. The van der Waals surface area contributed by atoms with Crippen molar-refractivity contribution in [2.75, 3.05) is 26.6 Å². The number of likely N-dealkylation sites (tertiary alicyclic amines) is 1. The molecule has 0 aliphatic carbocycles. The number of carbonyl (C=O) groups excluding carboxylic acids is 1. The number of benzene rings is 1. The minimum atomic E-state index is -0.0803. The third-order valence-corrected chi connectivity index (χ3v) is 4.78. The molecule has 0 saturated carbocycles. The van der Waals surface area contributed by atoms with Gasteiger partial charge in [0.2, 0.25) is 6.79 Å². The zero-order chi connectivity index (χ0) is 16.5. The lowest BCUT2D eigenvalue weighted by atomic mass is 10.1. The molecule has 0 spiro atoms. The van der Waals surface area contributed by atoms with Crippen molar-refractivity contribution >= 4 is 29.3 Å². The number of fused-ring (bicyclic) bond motifs is 1. The zero-order valence-corrected chi connectivity index (χ0v) is 14.1. The van der Waals surface area contributed by atoms with Gasteiger partial charge in [-0.2, -0.15) is 0 Å². The maximum Gasteiger partial charge on any atom is 0.277 e. The van der Waals surface area contributed by atoms with Gasteiger partial charge in [-0.15, -0.1) is 0 Å². The van der Waals surface area contributed by atoms with Gasteiger partial charge in [-0.1, -0.05) is 12.5 Å². The zero-order valence-electron chi connectivity index (χ0n) is 13.3. The van der Waals surface area contributed by atoms with E-state index < -0.39 is 0 Å². The maximum absolute atomic E-state index is 12.7.